The van der Waals surface area contributed by atoms with Crippen molar-refractivity contribution in [3.05, 3.63) is 241 Å². The summed E-state index contributed by atoms with van der Waals surface area (Å²) in [6.07, 6.45) is 0. The maximum absolute atomic E-state index is 13.6. The maximum Gasteiger partial charge on any atom is 0.193 e. The van der Waals surface area contributed by atoms with Crippen LogP contribution in [-0.4, -0.2) is 11.6 Å². The Hall–Kier alpha value is -9.14. The molecule has 0 saturated carbocycles. The Bertz CT molecular complexity index is 3140. The molecule has 10 aromatic carbocycles. The first-order chi connectivity index (χ1) is 32.3. The average molecular weight is 861 g/mol. The second-order valence-electron chi connectivity index (χ2n) is 15.6. The molecule has 0 aliphatic heterocycles. The number of anilines is 2. The van der Waals surface area contributed by atoms with Crippen molar-refractivity contribution >= 4 is 44.5 Å². The first-order valence-electron chi connectivity index (χ1n) is 21.3. The van der Waals surface area contributed by atoms with Crippen molar-refractivity contribution < 1.29 is 28.5 Å². The number of carbonyl (C=O) groups is 2. The third-order valence-electron chi connectivity index (χ3n) is 11.2. The standard InChI is InChI=1S/C58H40N2O6/c59-43-19-31-47(32-20-43)63-45-23-9-39(10-24-45)57(61)41-13-27-49(28-14-41)65-53-35-17-37-5-1-3-7-51(37)55(53)56-52-8-4-2-6-38(52)18-36-54(56)66-50-29-15-42(16-30-50)58(62)40-11-25-46(26-12-40)64-48-33-21-44(60)22-34-48/h1-36H,59-60H2. The summed E-state index contributed by atoms with van der Waals surface area (Å²) >= 11 is 0. The van der Waals surface area contributed by atoms with Crippen molar-refractivity contribution in [2.45, 2.75) is 0 Å². The van der Waals surface area contributed by atoms with Crippen molar-refractivity contribution in [3.8, 4) is 57.1 Å². The zero-order valence-corrected chi connectivity index (χ0v) is 35.4. The first kappa shape index (κ1) is 40.9. The lowest BCUT2D eigenvalue weighted by atomic mass is 9.92. The van der Waals surface area contributed by atoms with E-state index in [0.29, 0.717) is 79.6 Å². The summed E-state index contributed by atoms with van der Waals surface area (Å²) in [5.41, 5.74) is 16.7. The molecule has 0 aliphatic rings. The van der Waals surface area contributed by atoms with Gasteiger partial charge in [-0.1, -0.05) is 60.7 Å². The Balaban J connectivity index is 0.914. The van der Waals surface area contributed by atoms with Gasteiger partial charge in [-0.15, -0.1) is 0 Å². The molecule has 0 atom stereocenters. The molecule has 0 saturated heterocycles. The zero-order chi connectivity index (χ0) is 45.0. The summed E-state index contributed by atoms with van der Waals surface area (Å²) in [6.45, 7) is 0. The molecule has 0 radical (unpaired) electrons. The Morgan fingerprint density at radius 3 is 0.879 bits per heavy atom. The van der Waals surface area contributed by atoms with E-state index in [1.165, 1.54) is 0 Å². The molecule has 66 heavy (non-hydrogen) atoms. The number of nitrogens with two attached hydrogens (primary N) is 2. The maximum atomic E-state index is 13.6. The summed E-state index contributed by atoms with van der Waals surface area (Å²) in [7, 11) is 0. The van der Waals surface area contributed by atoms with Crippen molar-refractivity contribution in [2.75, 3.05) is 11.5 Å². The molecule has 4 N–H and O–H groups in total. The molecular weight excluding hydrogens is 821 g/mol. The molecule has 0 spiro atoms. The quantitative estimate of drug-likeness (QED) is 0.0868. The van der Waals surface area contributed by atoms with Crippen molar-refractivity contribution in [1.29, 1.82) is 0 Å². The molecule has 0 bridgehead atoms. The number of carbonyl (C=O) groups excluding carboxylic acids is 2. The van der Waals surface area contributed by atoms with Crippen LogP contribution in [0.5, 0.6) is 46.0 Å². The molecular formula is C58H40N2O6. The highest BCUT2D eigenvalue weighted by molar-refractivity contribution is 6.11. The summed E-state index contributed by atoms with van der Waals surface area (Å²) < 4.78 is 25.3. The van der Waals surface area contributed by atoms with Gasteiger partial charge in [0.05, 0.1) is 0 Å². The van der Waals surface area contributed by atoms with Gasteiger partial charge in [0.15, 0.2) is 11.6 Å². The van der Waals surface area contributed by atoms with Gasteiger partial charge in [-0.3, -0.25) is 9.59 Å². The lowest BCUT2D eigenvalue weighted by Gasteiger charge is -2.20. The van der Waals surface area contributed by atoms with Crippen LogP contribution >= 0.6 is 0 Å². The van der Waals surface area contributed by atoms with Crippen LogP contribution in [0.15, 0.2) is 218 Å². The minimum Gasteiger partial charge on any atom is -0.457 e. The van der Waals surface area contributed by atoms with Gasteiger partial charge >= 0.3 is 0 Å². The van der Waals surface area contributed by atoms with Gasteiger partial charge in [0.2, 0.25) is 0 Å². The number of fused-ring (bicyclic) bond motifs is 2. The third-order valence-corrected chi connectivity index (χ3v) is 11.2. The highest BCUT2D eigenvalue weighted by Crippen LogP contribution is 2.47. The molecule has 318 valence electrons. The van der Waals surface area contributed by atoms with E-state index in [2.05, 4.69) is 24.3 Å². The van der Waals surface area contributed by atoms with Gasteiger partial charge in [0.25, 0.3) is 0 Å². The number of ketones is 2. The molecule has 0 heterocycles. The number of hydrogen-bond acceptors (Lipinski definition) is 8. The highest BCUT2D eigenvalue weighted by Gasteiger charge is 2.21. The van der Waals surface area contributed by atoms with Gasteiger partial charge in [-0.05, 0) is 179 Å². The number of nitrogen functional groups attached to an aromatic ring is 2. The SMILES string of the molecule is Nc1ccc(Oc2ccc(C(=O)c3ccc(Oc4ccc5ccccc5c4-c4c(Oc5ccc(C(=O)c6ccc(Oc7ccc(N)cc7)cc6)cc5)ccc5ccccc45)cc3)cc2)cc1. The van der Waals surface area contributed by atoms with Gasteiger partial charge in [-0.25, -0.2) is 0 Å². The first-order valence-corrected chi connectivity index (χ1v) is 21.3. The predicted molar refractivity (Wildman–Crippen MR) is 262 cm³/mol. The fourth-order valence-electron chi connectivity index (χ4n) is 7.82. The van der Waals surface area contributed by atoms with E-state index in [4.69, 9.17) is 30.4 Å². The fraction of sp³-hybridized carbons (Fsp3) is 0. The average Bonchev–Trinajstić information content (AvgIpc) is 3.36. The Morgan fingerprint density at radius 2 is 0.561 bits per heavy atom. The Kier molecular flexibility index (Phi) is 11.1. The van der Waals surface area contributed by atoms with Crippen LogP contribution in [0.1, 0.15) is 31.8 Å². The van der Waals surface area contributed by atoms with Crippen LogP contribution < -0.4 is 30.4 Å². The van der Waals surface area contributed by atoms with Gasteiger partial charge in [0, 0.05) is 44.8 Å². The topological polar surface area (TPSA) is 123 Å². The molecule has 0 fully saturated rings. The lowest BCUT2D eigenvalue weighted by molar-refractivity contribution is 0.103. The highest BCUT2D eigenvalue weighted by atomic mass is 16.5. The van der Waals surface area contributed by atoms with Crippen LogP contribution in [0.2, 0.25) is 0 Å². The van der Waals surface area contributed by atoms with Gasteiger partial charge in [-0.2, -0.15) is 0 Å². The number of rotatable bonds is 13. The molecule has 8 nitrogen and oxygen atoms in total. The minimum absolute atomic E-state index is 0.128. The monoisotopic (exact) mass is 860 g/mol. The second-order valence-corrected chi connectivity index (χ2v) is 15.6. The molecule has 0 aliphatic carbocycles. The summed E-state index contributed by atoms with van der Waals surface area (Å²) in [5, 5.41) is 3.99. The fourth-order valence-corrected chi connectivity index (χ4v) is 7.82. The normalized spacial score (nSPS) is 11.0. The van der Waals surface area contributed by atoms with Crippen LogP contribution in [-0.2, 0) is 0 Å². The van der Waals surface area contributed by atoms with Crippen molar-refractivity contribution in [3.63, 3.8) is 0 Å². The molecule has 10 rings (SSSR count). The van der Waals surface area contributed by atoms with Crippen LogP contribution in [0.3, 0.4) is 0 Å². The van der Waals surface area contributed by atoms with Crippen LogP contribution in [0, 0.1) is 0 Å². The lowest BCUT2D eigenvalue weighted by Crippen LogP contribution is -2.01. The van der Waals surface area contributed by atoms with E-state index >= 15 is 0 Å². The van der Waals surface area contributed by atoms with E-state index in [9.17, 15) is 9.59 Å². The molecule has 0 amide bonds. The van der Waals surface area contributed by atoms with Crippen molar-refractivity contribution in [2.24, 2.45) is 0 Å². The van der Waals surface area contributed by atoms with Crippen LogP contribution in [0.4, 0.5) is 11.4 Å². The van der Waals surface area contributed by atoms with E-state index in [1.807, 2.05) is 48.5 Å². The molecule has 8 heteroatoms. The number of ether oxygens (including phenoxy) is 4. The summed E-state index contributed by atoms with van der Waals surface area (Å²) in [6, 6.07) is 67.0. The van der Waals surface area contributed by atoms with Gasteiger partial charge in [0.1, 0.15) is 46.0 Å². The Morgan fingerprint density at radius 1 is 0.288 bits per heavy atom. The van der Waals surface area contributed by atoms with Gasteiger partial charge < -0.3 is 30.4 Å². The van der Waals surface area contributed by atoms with E-state index in [-0.39, 0.29) is 11.6 Å². The van der Waals surface area contributed by atoms with Crippen molar-refractivity contribution in [1.82, 2.24) is 0 Å². The second kappa shape index (κ2) is 17.9. The van der Waals surface area contributed by atoms with E-state index < -0.39 is 0 Å². The predicted octanol–water partition coefficient (Wildman–Crippen LogP) is 14.5. The minimum atomic E-state index is -0.128. The summed E-state index contributed by atoms with van der Waals surface area (Å²) in [4.78, 5) is 27.1. The molecule has 0 aromatic heterocycles. The number of benzene rings is 10. The largest absolute Gasteiger partial charge is 0.457 e. The smallest absolute Gasteiger partial charge is 0.193 e. The van der Waals surface area contributed by atoms with E-state index in [0.717, 1.165) is 32.7 Å². The molecule has 0 unspecified atom stereocenters. The third kappa shape index (κ3) is 8.75. The Labute approximate surface area is 380 Å². The summed E-state index contributed by atoms with van der Waals surface area (Å²) in [5.74, 6) is 4.60. The van der Waals surface area contributed by atoms with Crippen LogP contribution in [0.25, 0.3) is 32.7 Å². The van der Waals surface area contributed by atoms with E-state index in [1.54, 1.807) is 146 Å². The zero-order valence-electron chi connectivity index (χ0n) is 35.4. The number of hydrogen-bond donors (Lipinski definition) is 2. The molecule has 10 aromatic rings.